The van der Waals surface area contributed by atoms with E-state index in [4.69, 9.17) is 21.7 Å². The lowest BCUT2D eigenvalue weighted by atomic mass is 10.0. The Hall–Kier alpha value is -3.58. The maximum absolute atomic E-state index is 16.1. The Balaban J connectivity index is 1.34. The molecule has 0 unspecified atom stereocenters. The third-order valence-electron chi connectivity index (χ3n) is 8.20. The molecule has 0 atom stereocenters. The van der Waals surface area contributed by atoms with Crippen molar-refractivity contribution >= 4 is 33.2 Å². The van der Waals surface area contributed by atoms with Gasteiger partial charge < -0.3 is 4.90 Å². The van der Waals surface area contributed by atoms with Crippen molar-refractivity contribution in [1.29, 1.82) is 0 Å². The monoisotopic (exact) mass is 638 g/mol. The first-order valence-corrected chi connectivity index (χ1v) is 16.6. The summed E-state index contributed by atoms with van der Waals surface area (Å²) in [4.78, 5) is 13.6. The summed E-state index contributed by atoms with van der Waals surface area (Å²) in [5.41, 5.74) is 2.68. The molecule has 0 radical (unpaired) electrons. The van der Waals surface area contributed by atoms with E-state index < -0.39 is 16.0 Å². The average molecular weight is 639 g/mol. The second-order valence-electron chi connectivity index (χ2n) is 12.1. The van der Waals surface area contributed by atoms with Crippen LogP contribution in [0, 0.1) is 5.82 Å². The number of benzene rings is 1. The molecule has 0 amide bonds. The first-order valence-electron chi connectivity index (χ1n) is 14.7. The van der Waals surface area contributed by atoms with E-state index >= 15 is 4.39 Å². The molecule has 1 N–H and O–H groups in total. The third-order valence-corrected chi connectivity index (χ3v) is 9.94. The number of pyridine rings is 2. The average Bonchev–Trinajstić information content (AvgIpc) is 3.71. The lowest BCUT2D eigenvalue weighted by Crippen LogP contribution is -2.53. The molecule has 0 spiro atoms. The van der Waals surface area contributed by atoms with Crippen LogP contribution in [0.15, 0.2) is 61.2 Å². The van der Waals surface area contributed by atoms with Crippen LogP contribution in [0.2, 0.25) is 5.02 Å². The summed E-state index contributed by atoms with van der Waals surface area (Å²) in [7, 11) is -3.94. The van der Waals surface area contributed by atoms with Gasteiger partial charge in [-0.1, -0.05) is 11.6 Å². The normalized spacial score (nSPS) is 16.9. The molecule has 10 nitrogen and oxygen atoms in total. The molecule has 2 aliphatic heterocycles. The first-order chi connectivity index (χ1) is 21.0. The summed E-state index contributed by atoms with van der Waals surface area (Å²) in [6.45, 7) is 11.3. The molecule has 2 aliphatic rings. The molecule has 1 aromatic carbocycles. The SMILES string of the molecule is CC(C)(C)N1CCN(c2ccc(-n3cc(-c4cc(Cl)cc(NS(=O)(=O)N5CCCC5)c4F)c(-c4ccncc4)n3)nc2)CC1. The van der Waals surface area contributed by atoms with Crippen LogP contribution >= 0.6 is 11.6 Å². The molecule has 44 heavy (non-hydrogen) atoms. The van der Waals surface area contributed by atoms with Gasteiger partial charge in [0.2, 0.25) is 0 Å². The fraction of sp³-hybridized carbons (Fsp3) is 0.387. The van der Waals surface area contributed by atoms with E-state index in [1.54, 1.807) is 35.4 Å². The second-order valence-corrected chi connectivity index (χ2v) is 14.2. The van der Waals surface area contributed by atoms with E-state index in [9.17, 15) is 8.42 Å². The minimum absolute atomic E-state index is 0.114. The molecular weight excluding hydrogens is 603 g/mol. The van der Waals surface area contributed by atoms with E-state index in [2.05, 4.69) is 40.3 Å². The largest absolute Gasteiger partial charge is 0.368 e. The highest BCUT2D eigenvalue weighted by atomic mass is 35.5. The zero-order chi connectivity index (χ0) is 31.1. The summed E-state index contributed by atoms with van der Waals surface area (Å²) in [6.07, 6.45) is 8.32. The van der Waals surface area contributed by atoms with Crippen molar-refractivity contribution < 1.29 is 12.8 Å². The van der Waals surface area contributed by atoms with Crippen molar-refractivity contribution in [3.8, 4) is 28.2 Å². The van der Waals surface area contributed by atoms with E-state index in [1.165, 1.54) is 16.4 Å². The molecule has 0 saturated carbocycles. The summed E-state index contributed by atoms with van der Waals surface area (Å²) < 4.78 is 47.4. The van der Waals surface area contributed by atoms with Crippen molar-refractivity contribution in [2.24, 2.45) is 0 Å². The molecule has 2 saturated heterocycles. The van der Waals surface area contributed by atoms with Gasteiger partial charge in [0.25, 0.3) is 0 Å². The number of rotatable bonds is 7. The Labute approximate surface area is 262 Å². The number of aromatic nitrogens is 4. The second kappa shape index (κ2) is 12.1. The third kappa shape index (κ3) is 6.30. The maximum atomic E-state index is 16.1. The lowest BCUT2D eigenvalue weighted by Gasteiger charge is -2.42. The standard InChI is InChI=1S/C31H36ClFN8O2S/c1-31(2,3)39-16-14-38(15-17-39)24-6-7-28(35-20-24)41-21-26(30(36-41)22-8-10-34-11-9-22)25-18-23(32)19-27(29(25)33)37-44(42,43)40-12-4-5-13-40/h6-11,18-21,37H,4-5,12-17H2,1-3H3. The van der Waals surface area contributed by atoms with Crippen LogP contribution < -0.4 is 9.62 Å². The van der Waals surface area contributed by atoms with Gasteiger partial charge in [-0.3, -0.25) is 14.6 Å². The molecule has 232 valence electrons. The van der Waals surface area contributed by atoms with Crippen molar-refractivity contribution in [3.05, 3.63) is 72.0 Å². The fourth-order valence-electron chi connectivity index (χ4n) is 5.74. The van der Waals surface area contributed by atoms with Gasteiger partial charge in [0.15, 0.2) is 11.6 Å². The van der Waals surface area contributed by atoms with Crippen LogP contribution in [-0.4, -0.2) is 82.2 Å². The Bertz CT molecular complexity index is 1730. The number of piperazine rings is 1. The molecule has 3 aromatic heterocycles. The van der Waals surface area contributed by atoms with Crippen molar-refractivity contribution in [2.75, 3.05) is 48.9 Å². The van der Waals surface area contributed by atoms with Gasteiger partial charge in [0.05, 0.1) is 17.6 Å². The van der Waals surface area contributed by atoms with Crippen molar-refractivity contribution in [1.82, 2.24) is 29.0 Å². The number of anilines is 2. The summed E-state index contributed by atoms with van der Waals surface area (Å²) in [5, 5.41) is 4.98. The highest BCUT2D eigenvalue weighted by molar-refractivity contribution is 7.90. The minimum atomic E-state index is -3.94. The molecule has 0 bridgehead atoms. The molecular formula is C31H36ClFN8O2S. The smallest absolute Gasteiger partial charge is 0.301 e. The van der Waals surface area contributed by atoms with Gasteiger partial charge in [-0.05, 0) is 70.0 Å². The van der Waals surface area contributed by atoms with Gasteiger partial charge in [-0.2, -0.15) is 17.8 Å². The molecule has 13 heteroatoms. The van der Waals surface area contributed by atoms with E-state index in [1.807, 2.05) is 18.3 Å². The molecule has 0 aliphatic carbocycles. The quantitative estimate of drug-likeness (QED) is 0.287. The highest BCUT2D eigenvalue weighted by Gasteiger charge is 2.29. The zero-order valence-corrected chi connectivity index (χ0v) is 26.6. The van der Waals surface area contributed by atoms with E-state index in [-0.39, 0.29) is 21.8 Å². The highest BCUT2D eigenvalue weighted by Crippen LogP contribution is 2.38. The first kappa shape index (κ1) is 30.4. The fourth-order valence-corrected chi connectivity index (χ4v) is 7.25. The number of nitrogens with zero attached hydrogens (tertiary/aromatic N) is 7. The van der Waals surface area contributed by atoms with Gasteiger partial charge in [0, 0.05) is 85.1 Å². The number of halogens is 2. The van der Waals surface area contributed by atoms with E-state index in [0.717, 1.165) is 44.7 Å². The number of nitrogens with one attached hydrogen (secondary N) is 1. The Morgan fingerprint density at radius 1 is 0.932 bits per heavy atom. The number of hydrogen-bond acceptors (Lipinski definition) is 7. The van der Waals surface area contributed by atoms with Crippen molar-refractivity contribution in [3.63, 3.8) is 0 Å². The van der Waals surface area contributed by atoms with Crippen LogP contribution in [0.1, 0.15) is 33.6 Å². The van der Waals surface area contributed by atoms with Gasteiger partial charge in [-0.25, -0.2) is 14.1 Å². The Morgan fingerprint density at radius 3 is 2.27 bits per heavy atom. The minimum Gasteiger partial charge on any atom is -0.368 e. The predicted molar refractivity (Wildman–Crippen MR) is 172 cm³/mol. The van der Waals surface area contributed by atoms with Crippen LogP contribution in [0.25, 0.3) is 28.2 Å². The van der Waals surface area contributed by atoms with E-state index in [0.29, 0.717) is 35.7 Å². The van der Waals surface area contributed by atoms with Crippen LogP contribution in [0.3, 0.4) is 0 Å². The Kier molecular flexibility index (Phi) is 8.35. The van der Waals surface area contributed by atoms with Gasteiger partial charge in [0.1, 0.15) is 5.69 Å². The lowest BCUT2D eigenvalue weighted by molar-refractivity contribution is 0.128. The number of hydrogen-bond donors (Lipinski definition) is 1. The summed E-state index contributed by atoms with van der Waals surface area (Å²) >= 11 is 6.44. The maximum Gasteiger partial charge on any atom is 0.301 e. The molecule has 4 aromatic rings. The van der Waals surface area contributed by atoms with Gasteiger partial charge >= 0.3 is 10.2 Å². The molecule has 5 heterocycles. The van der Waals surface area contributed by atoms with Crippen LogP contribution in [-0.2, 0) is 10.2 Å². The Morgan fingerprint density at radius 2 is 1.64 bits per heavy atom. The molecule has 6 rings (SSSR count). The van der Waals surface area contributed by atoms with Crippen molar-refractivity contribution in [2.45, 2.75) is 39.2 Å². The van der Waals surface area contributed by atoms with Crippen LogP contribution in [0.4, 0.5) is 15.8 Å². The predicted octanol–water partition coefficient (Wildman–Crippen LogP) is 5.46. The zero-order valence-electron chi connectivity index (χ0n) is 25.0. The summed E-state index contributed by atoms with van der Waals surface area (Å²) in [5.74, 6) is -0.189. The van der Waals surface area contributed by atoms with Gasteiger partial charge in [-0.15, -0.1) is 0 Å². The summed E-state index contributed by atoms with van der Waals surface area (Å²) in [6, 6.07) is 10.2. The topological polar surface area (TPSA) is 99.5 Å². The van der Waals surface area contributed by atoms with Crippen LogP contribution in [0.5, 0.6) is 0 Å². The molecule has 2 fully saturated rings.